The number of ether oxygens (including phenoxy) is 1. The second-order valence-electron chi connectivity index (χ2n) is 6.51. The molecule has 0 unspecified atom stereocenters. The Morgan fingerprint density at radius 3 is 2.57 bits per heavy atom. The fourth-order valence-electron chi connectivity index (χ4n) is 2.56. The lowest BCUT2D eigenvalue weighted by atomic mass is 10.1. The first kappa shape index (κ1) is 19.6. The molecule has 0 fully saturated rings. The molecule has 0 saturated heterocycles. The first-order valence-electron chi connectivity index (χ1n) is 8.70. The molecular weight excluding hydrogens is 378 g/mol. The van der Waals surface area contributed by atoms with Crippen molar-refractivity contribution < 1.29 is 9.53 Å². The Labute approximate surface area is 167 Å². The topological polar surface area (TPSA) is 73.2 Å². The van der Waals surface area contributed by atoms with Crippen LogP contribution in [-0.2, 0) is 4.79 Å². The van der Waals surface area contributed by atoms with E-state index in [1.807, 2.05) is 45.0 Å². The van der Waals surface area contributed by atoms with Crippen molar-refractivity contribution in [1.82, 2.24) is 9.78 Å². The van der Waals surface area contributed by atoms with Crippen molar-refractivity contribution in [3.63, 3.8) is 0 Å². The van der Waals surface area contributed by atoms with Gasteiger partial charge in [0.15, 0.2) is 6.61 Å². The highest BCUT2D eigenvalue weighted by atomic mass is 35.5. The normalized spacial score (nSPS) is 10.6. The maximum atomic E-state index is 12.2. The quantitative estimate of drug-likeness (QED) is 0.710. The molecule has 3 rings (SSSR count). The summed E-state index contributed by atoms with van der Waals surface area (Å²) in [5, 5.41) is 7.34. The molecule has 28 heavy (non-hydrogen) atoms. The second kappa shape index (κ2) is 8.27. The van der Waals surface area contributed by atoms with E-state index < -0.39 is 0 Å². The Kier molecular flexibility index (Phi) is 5.80. The van der Waals surface area contributed by atoms with Gasteiger partial charge in [0.1, 0.15) is 0 Å². The fourth-order valence-corrected chi connectivity index (χ4v) is 2.84. The van der Waals surface area contributed by atoms with Crippen molar-refractivity contribution in [2.24, 2.45) is 0 Å². The van der Waals surface area contributed by atoms with E-state index in [0.29, 0.717) is 16.4 Å². The number of nitrogens with zero attached hydrogens (tertiary/aromatic N) is 2. The summed E-state index contributed by atoms with van der Waals surface area (Å²) in [4.78, 5) is 24.3. The van der Waals surface area contributed by atoms with Crippen LogP contribution in [0.1, 0.15) is 16.7 Å². The third kappa shape index (κ3) is 4.58. The van der Waals surface area contributed by atoms with E-state index >= 15 is 0 Å². The van der Waals surface area contributed by atoms with Crippen molar-refractivity contribution in [2.75, 3.05) is 11.9 Å². The van der Waals surface area contributed by atoms with Crippen molar-refractivity contribution in [1.29, 1.82) is 0 Å². The summed E-state index contributed by atoms with van der Waals surface area (Å²) in [6.45, 7) is 5.61. The average molecular weight is 398 g/mol. The van der Waals surface area contributed by atoms with Crippen molar-refractivity contribution in [3.05, 3.63) is 80.6 Å². The number of amides is 1. The average Bonchev–Trinajstić information content (AvgIpc) is 2.66. The molecule has 1 amide bonds. The summed E-state index contributed by atoms with van der Waals surface area (Å²) in [5.41, 5.74) is 4.02. The first-order valence-corrected chi connectivity index (χ1v) is 9.08. The standard InChI is InChI=1S/C21H20ClN3O3/c1-13-4-7-18(17(22)10-13)23-19(26)12-28-20-8-9-21(27)25(24-20)16-6-5-14(2)15(3)11-16/h4-11H,12H2,1-3H3,(H,23,26). The van der Waals surface area contributed by atoms with Gasteiger partial charge in [-0.15, -0.1) is 5.10 Å². The van der Waals surface area contributed by atoms with Crippen LogP contribution in [0.4, 0.5) is 5.69 Å². The van der Waals surface area contributed by atoms with E-state index in [0.717, 1.165) is 16.7 Å². The fraction of sp³-hybridized carbons (Fsp3) is 0.190. The molecule has 0 aliphatic heterocycles. The van der Waals surface area contributed by atoms with Crippen LogP contribution in [-0.4, -0.2) is 22.3 Å². The number of hydrogen-bond acceptors (Lipinski definition) is 4. The third-order valence-electron chi connectivity index (χ3n) is 4.26. The zero-order chi connectivity index (χ0) is 20.3. The first-order chi connectivity index (χ1) is 13.3. The van der Waals surface area contributed by atoms with E-state index in [1.54, 1.807) is 12.1 Å². The monoisotopic (exact) mass is 397 g/mol. The van der Waals surface area contributed by atoms with Crippen LogP contribution in [0.25, 0.3) is 5.69 Å². The van der Waals surface area contributed by atoms with Gasteiger partial charge < -0.3 is 10.1 Å². The maximum Gasteiger partial charge on any atom is 0.271 e. The summed E-state index contributed by atoms with van der Waals surface area (Å²) in [5.74, 6) is -0.209. The van der Waals surface area contributed by atoms with Gasteiger partial charge in [0.05, 0.1) is 16.4 Å². The molecule has 0 spiro atoms. The molecule has 144 valence electrons. The zero-order valence-corrected chi connectivity index (χ0v) is 16.6. The Hall–Kier alpha value is -3.12. The minimum Gasteiger partial charge on any atom is -0.467 e. The maximum absolute atomic E-state index is 12.2. The van der Waals surface area contributed by atoms with Crippen LogP contribution in [0, 0.1) is 20.8 Å². The lowest BCUT2D eigenvalue weighted by Gasteiger charge is -2.11. The highest BCUT2D eigenvalue weighted by Gasteiger charge is 2.10. The van der Waals surface area contributed by atoms with Crippen LogP contribution in [0.2, 0.25) is 5.02 Å². The van der Waals surface area contributed by atoms with E-state index in [-0.39, 0.29) is 24.0 Å². The molecule has 7 heteroatoms. The lowest BCUT2D eigenvalue weighted by molar-refractivity contribution is -0.118. The minimum atomic E-state index is -0.378. The summed E-state index contributed by atoms with van der Waals surface area (Å²) in [6.07, 6.45) is 0. The van der Waals surface area contributed by atoms with Gasteiger partial charge in [-0.3, -0.25) is 9.59 Å². The van der Waals surface area contributed by atoms with E-state index in [2.05, 4.69) is 10.4 Å². The predicted molar refractivity (Wildman–Crippen MR) is 110 cm³/mol. The van der Waals surface area contributed by atoms with Gasteiger partial charge in [-0.25, -0.2) is 0 Å². The van der Waals surface area contributed by atoms with Gasteiger partial charge in [0.25, 0.3) is 11.5 Å². The molecule has 0 aliphatic rings. The molecule has 0 aliphatic carbocycles. The highest BCUT2D eigenvalue weighted by molar-refractivity contribution is 6.33. The SMILES string of the molecule is Cc1ccc(NC(=O)COc2ccc(=O)n(-c3ccc(C)c(C)c3)n2)c(Cl)c1. The number of halogens is 1. The van der Waals surface area contributed by atoms with Gasteiger partial charge in [0.2, 0.25) is 5.88 Å². The molecule has 1 heterocycles. The number of rotatable bonds is 5. The largest absolute Gasteiger partial charge is 0.467 e. The predicted octanol–water partition coefficient (Wildman–Crippen LogP) is 3.83. The molecule has 0 saturated carbocycles. The zero-order valence-electron chi connectivity index (χ0n) is 15.8. The number of carbonyl (C=O) groups excluding carboxylic acids is 1. The number of carbonyl (C=O) groups is 1. The second-order valence-corrected chi connectivity index (χ2v) is 6.92. The van der Waals surface area contributed by atoms with Crippen LogP contribution in [0.3, 0.4) is 0 Å². The minimum absolute atomic E-state index is 0.169. The molecule has 1 N–H and O–H groups in total. The number of aryl methyl sites for hydroxylation is 3. The number of hydrogen-bond donors (Lipinski definition) is 1. The highest BCUT2D eigenvalue weighted by Crippen LogP contribution is 2.22. The Morgan fingerprint density at radius 1 is 1.07 bits per heavy atom. The van der Waals surface area contributed by atoms with Crippen molar-refractivity contribution in [2.45, 2.75) is 20.8 Å². The van der Waals surface area contributed by atoms with Crippen molar-refractivity contribution in [3.8, 4) is 11.6 Å². The Balaban J connectivity index is 1.71. The van der Waals surface area contributed by atoms with Gasteiger partial charge in [-0.2, -0.15) is 4.68 Å². The summed E-state index contributed by atoms with van der Waals surface area (Å²) >= 11 is 6.11. The smallest absolute Gasteiger partial charge is 0.271 e. The molecule has 0 radical (unpaired) electrons. The van der Waals surface area contributed by atoms with E-state index in [1.165, 1.54) is 16.8 Å². The summed E-state index contributed by atoms with van der Waals surface area (Å²) < 4.78 is 6.70. The number of anilines is 1. The Morgan fingerprint density at radius 2 is 1.86 bits per heavy atom. The van der Waals surface area contributed by atoms with E-state index in [9.17, 15) is 9.59 Å². The molecule has 0 atom stereocenters. The summed E-state index contributed by atoms with van der Waals surface area (Å²) in [6, 6.07) is 13.7. The molecule has 3 aromatic rings. The molecule has 1 aromatic heterocycles. The van der Waals surface area contributed by atoms with Crippen LogP contribution >= 0.6 is 11.6 Å². The number of nitrogens with one attached hydrogen (secondary N) is 1. The summed E-state index contributed by atoms with van der Waals surface area (Å²) in [7, 11) is 0. The third-order valence-corrected chi connectivity index (χ3v) is 4.57. The molecule has 6 nitrogen and oxygen atoms in total. The van der Waals surface area contributed by atoms with Gasteiger partial charge in [-0.1, -0.05) is 23.7 Å². The van der Waals surface area contributed by atoms with Gasteiger partial charge in [0, 0.05) is 12.1 Å². The molecule has 2 aromatic carbocycles. The lowest BCUT2D eigenvalue weighted by Crippen LogP contribution is -2.24. The molecule has 0 bridgehead atoms. The van der Waals surface area contributed by atoms with Crippen LogP contribution in [0.15, 0.2) is 53.3 Å². The van der Waals surface area contributed by atoms with Gasteiger partial charge in [-0.05, 0) is 61.7 Å². The van der Waals surface area contributed by atoms with Gasteiger partial charge >= 0.3 is 0 Å². The van der Waals surface area contributed by atoms with E-state index in [4.69, 9.17) is 16.3 Å². The van der Waals surface area contributed by atoms with Crippen LogP contribution in [0.5, 0.6) is 5.88 Å². The number of benzene rings is 2. The Bertz CT molecular complexity index is 1090. The van der Waals surface area contributed by atoms with Crippen LogP contribution < -0.4 is 15.6 Å². The number of aromatic nitrogens is 2. The molecular formula is C21H20ClN3O3. The van der Waals surface area contributed by atoms with Crippen molar-refractivity contribution >= 4 is 23.2 Å².